The van der Waals surface area contributed by atoms with Crippen molar-refractivity contribution in [3.8, 4) is 0 Å². The van der Waals surface area contributed by atoms with Crippen molar-refractivity contribution in [1.82, 2.24) is 9.97 Å². The Morgan fingerprint density at radius 1 is 1.21 bits per heavy atom. The van der Waals surface area contributed by atoms with Crippen LogP contribution in [0.5, 0.6) is 0 Å². The van der Waals surface area contributed by atoms with Gasteiger partial charge in [-0.05, 0) is 31.0 Å². The summed E-state index contributed by atoms with van der Waals surface area (Å²) in [5.41, 5.74) is 2.54. The molecule has 6 heteroatoms. The highest BCUT2D eigenvalue weighted by atomic mass is 35.5. The average Bonchev–Trinajstić information content (AvgIpc) is 2.35. The van der Waals surface area contributed by atoms with Crippen LogP contribution in [-0.4, -0.2) is 16.0 Å². The molecule has 1 aromatic carbocycles. The van der Waals surface area contributed by atoms with Gasteiger partial charge in [0.15, 0.2) is 5.82 Å². The lowest BCUT2D eigenvalue weighted by Crippen LogP contribution is -2.21. The minimum Gasteiger partial charge on any atom is -0.306 e. The average molecular weight is 277 g/mol. The molecule has 0 aliphatic carbocycles. The lowest BCUT2D eigenvalue weighted by Gasteiger charge is -2.12. The maximum atomic E-state index is 11.8. The third-order valence-corrected chi connectivity index (χ3v) is 2.77. The summed E-state index contributed by atoms with van der Waals surface area (Å²) in [6.45, 7) is 3.83. The monoisotopic (exact) mass is 276 g/mol. The molecule has 98 valence electrons. The molecule has 0 bridgehead atoms. The Morgan fingerprint density at radius 3 is 2.63 bits per heavy atom. The van der Waals surface area contributed by atoms with Gasteiger partial charge in [-0.1, -0.05) is 17.7 Å². The van der Waals surface area contributed by atoms with Gasteiger partial charge in [0, 0.05) is 12.4 Å². The number of halogens is 1. The van der Waals surface area contributed by atoms with Gasteiger partial charge < -0.3 is 5.32 Å². The standard InChI is InChI=1S/C13H13ClN4O/c1-8-5-9(2)12(10(14)6-8)18-13(19)17-11-7-15-3-4-16-11/h3-7H,1-2H3,(H2,16,17,18,19). The van der Waals surface area contributed by atoms with Gasteiger partial charge in [0.05, 0.1) is 16.9 Å². The number of carbonyl (C=O) groups is 1. The zero-order valence-corrected chi connectivity index (χ0v) is 11.3. The summed E-state index contributed by atoms with van der Waals surface area (Å²) in [5.74, 6) is 0.376. The molecule has 0 atom stereocenters. The molecule has 2 amide bonds. The second-order valence-electron chi connectivity index (χ2n) is 4.11. The molecular weight excluding hydrogens is 264 g/mol. The van der Waals surface area contributed by atoms with Crippen molar-refractivity contribution in [2.45, 2.75) is 13.8 Å². The quantitative estimate of drug-likeness (QED) is 0.883. The molecule has 0 aliphatic rings. The van der Waals surface area contributed by atoms with Crippen LogP contribution in [0, 0.1) is 13.8 Å². The number of rotatable bonds is 2. The van der Waals surface area contributed by atoms with Crippen LogP contribution in [0.15, 0.2) is 30.7 Å². The summed E-state index contributed by atoms with van der Waals surface area (Å²) >= 11 is 6.11. The van der Waals surface area contributed by atoms with E-state index in [1.54, 1.807) is 6.07 Å². The molecule has 5 nitrogen and oxygen atoms in total. The minimum absolute atomic E-state index is 0.376. The van der Waals surface area contributed by atoms with E-state index in [9.17, 15) is 4.79 Å². The van der Waals surface area contributed by atoms with Crippen LogP contribution in [0.4, 0.5) is 16.3 Å². The fourth-order valence-electron chi connectivity index (χ4n) is 1.70. The van der Waals surface area contributed by atoms with Crippen LogP contribution < -0.4 is 10.6 Å². The van der Waals surface area contributed by atoms with E-state index in [0.29, 0.717) is 16.5 Å². The van der Waals surface area contributed by atoms with Crippen LogP contribution in [0.25, 0.3) is 0 Å². The van der Waals surface area contributed by atoms with Gasteiger partial charge >= 0.3 is 6.03 Å². The van der Waals surface area contributed by atoms with Gasteiger partial charge in [-0.3, -0.25) is 10.3 Å². The number of aromatic nitrogens is 2. The van der Waals surface area contributed by atoms with Gasteiger partial charge in [-0.2, -0.15) is 0 Å². The second-order valence-corrected chi connectivity index (χ2v) is 4.52. The lowest BCUT2D eigenvalue weighted by molar-refractivity contribution is 0.262. The minimum atomic E-state index is -0.408. The van der Waals surface area contributed by atoms with Crippen molar-refractivity contribution in [2.24, 2.45) is 0 Å². The topological polar surface area (TPSA) is 66.9 Å². The maximum absolute atomic E-state index is 11.8. The number of urea groups is 1. The summed E-state index contributed by atoms with van der Waals surface area (Å²) in [6.07, 6.45) is 4.49. The summed E-state index contributed by atoms with van der Waals surface area (Å²) in [4.78, 5) is 19.6. The van der Waals surface area contributed by atoms with E-state index in [1.165, 1.54) is 18.6 Å². The first kappa shape index (κ1) is 13.3. The predicted octanol–water partition coefficient (Wildman–Crippen LogP) is 3.39. The lowest BCUT2D eigenvalue weighted by atomic mass is 10.1. The number of hydrogen-bond acceptors (Lipinski definition) is 3. The van der Waals surface area contributed by atoms with Crippen LogP contribution in [0.1, 0.15) is 11.1 Å². The van der Waals surface area contributed by atoms with Crippen molar-refractivity contribution in [3.05, 3.63) is 46.9 Å². The zero-order valence-electron chi connectivity index (χ0n) is 10.6. The molecule has 0 fully saturated rings. The third kappa shape index (κ3) is 3.42. The summed E-state index contributed by atoms with van der Waals surface area (Å²) in [6, 6.07) is 3.34. The van der Waals surface area contributed by atoms with Gasteiger partial charge in [-0.25, -0.2) is 9.78 Å². The molecule has 0 saturated heterocycles. The van der Waals surface area contributed by atoms with E-state index < -0.39 is 6.03 Å². The summed E-state index contributed by atoms with van der Waals surface area (Å²) in [5, 5.41) is 5.79. The van der Waals surface area contributed by atoms with Crippen molar-refractivity contribution in [3.63, 3.8) is 0 Å². The number of anilines is 2. The van der Waals surface area contributed by atoms with E-state index in [-0.39, 0.29) is 0 Å². The van der Waals surface area contributed by atoms with Gasteiger partial charge in [0.1, 0.15) is 0 Å². The normalized spacial score (nSPS) is 10.1. The maximum Gasteiger partial charge on any atom is 0.324 e. The van der Waals surface area contributed by atoms with Gasteiger partial charge in [0.2, 0.25) is 0 Å². The smallest absolute Gasteiger partial charge is 0.306 e. The Hall–Kier alpha value is -2.14. The number of nitrogens with zero attached hydrogens (tertiary/aromatic N) is 2. The van der Waals surface area contributed by atoms with Crippen LogP contribution in [0.2, 0.25) is 5.02 Å². The number of nitrogens with one attached hydrogen (secondary N) is 2. The van der Waals surface area contributed by atoms with Gasteiger partial charge in [0.25, 0.3) is 0 Å². The fourth-order valence-corrected chi connectivity index (χ4v) is 2.07. The molecule has 19 heavy (non-hydrogen) atoms. The predicted molar refractivity (Wildman–Crippen MR) is 75.6 cm³/mol. The van der Waals surface area contributed by atoms with Crippen molar-refractivity contribution in [1.29, 1.82) is 0 Å². The Labute approximate surface area is 116 Å². The van der Waals surface area contributed by atoms with Crippen LogP contribution >= 0.6 is 11.6 Å². The number of carbonyl (C=O) groups excluding carboxylic acids is 1. The molecule has 2 aromatic rings. The Kier molecular flexibility index (Phi) is 3.97. The van der Waals surface area contributed by atoms with Crippen molar-refractivity contribution in [2.75, 3.05) is 10.6 Å². The first-order valence-electron chi connectivity index (χ1n) is 5.67. The van der Waals surface area contributed by atoms with Crippen LogP contribution in [0.3, 0.4) is 0 Å². The molecule has 1 heterocycles. The second kappa shape index (κ2) is 5.67. The first-order valence-corrected chi connectivity index (χ1v) is 6.05. The number of amides is 2. The summed E-state index contributed by atoms with van der Waals surface area (Å²) in [7, 11) is 0. The van der Waals surface area contributed by atoms with E-state index in [0.717, 1.165) is 11.1 Å². The number of benzene rings is 1. The molecule has 1 aromatic heterocycles. The largest absolute Gasteiger partial charge is 0.324 e. The SMILES string of the molecule is Cc1cc(C)c(NC(=O)Nc2cnccn2)c(Cl)c1. The van der Waals surface area contributed by atoms with E-state index in [4.69, 9.17) is 11.6 Å². The molecular formula is C13H13ClN4O. The third-order valence-electron chi connectivity index (χ3n) is 2.48. The van der Waals surface area contributed by atoms with Crippen LogP contribution in [-0.2, 0) is 0 Å². The highest BCUT2D eigenvalue weighted by Gasteiger charge is 2.09. The highest BCUT2D eigenvalue weighted by molar-refractivity contribution is 6.34. The molecule has 0 aliphatic heterocycles. The van der Waals surface area contributed by atoms with E-state index in [1.807, 2.05) is 19.9 Å². The molecule has 2 N–H and O–H groups in total. The Balaban J connectivity index is 2.12. The Bertz CT molecular complexity index is 578. The molecule has 0 unspecified atom stereocenters. The highest BCUT2D eigenvalue weighted by Crippen LogP contribution is 2.27. The molecule has 0 radical (unpaired) electrons. The van der Waals surface area contributed by atoms with E-state index >= 15 is 0 Å². The molecule has 2 rings (SSSR count). The number of hydrogen-bond donors (Lipinski definition) is 2. The zero-order chi connectivity index (χ0) is 13.8. The number of aryl methyl sites for hydroxylation is 2. The van der Waals surface area contributed by atoms with Gasteiger partial charge in [-0.15, -0.1) is 0 Å². The molecule has 0 saturated carbocycles. The first-order chi connectivity index (χ1) is 9.06. The Morgan fingerprint density at radius 2 is 2.00 bits per heavy atom. The summed E-state index contributed by atoms with van der Waals surface area (Å²) < 4.78 is 0. The van der Waals surface area contributed by atoms with Crippen molar-refractivity contribution < 1.29 is 4.79 Å². The molecule has 0 spiro atoms. The van der Waals surface area contributed by atoms with Crippen molar-refractivity contribution >= 4 is 29.1 Å². The fraction of sp³-hybridized carbons (Fsp3) is 0.154. The van der Waals surface area contributed by atoms with E-state index in [2.05, 4.69) is 20.6 Å².